The van der Waals surface area contributed by atoms with Gasteiger partial charge in [0.15, 0.2) is 5.00 Å². The number of nitroso groups, excluding NO2 is 1. The standard InChI is InChI=1S/C4H4N2OS/c1-3-5-2-4(6-7)8-3/h2H,1H3. The minimum absolute atomic E-state index is 0.447. The van der Waals surface area contributed by atoms with Crippen molar-refractivity contribution in [2.45, 2.75) is 6.92 Å². The first kappa shape index (κ1) is 5.37. The Morgan fingerprint density at radius 1 is 1.88 bits per heavy atom. The van der Waals surface area contributed by atoms with Gasteiger partial charge in [0, 0.05) is 0 Å². The molecule has 0 aromatic carbocycles. The molecule has 0 fully saturated rings. The molecule has 4 heteroatoms. The van der Waals surface area contributed by atoms with E-state index in [2.05, 4.69) is 10.2 Å². The molecule has 1 heterocycles. The summed E-state index contributed by atoms with van der Waals surface area (Å²) in [6.07, 6.45) is 1.47. The minimum Gasteiger partial charge on any atom is -0.248 e. The van der Waals surface area contributed by atoms with Gasteiger partial charge in [-0.1, -0.05) is 11.3 Å². The van der Waals surface area contributed by atoms with Gasteiger partial charge >= 0.3 is 0 Å². The Kier molecular flexibility index (Phi) is 1.34. The minimum atomic E-state index is 0.447. The fourth-order valence-electron chi connectivity index (χ4n) is 0.392. The quantitative estimate of drug-likeness (QED) is 0.541. The fourth-order valence-corrected chi connectivity index (χ4v) is 0.943. The van der Waals surface area contributed by atoms with Crippen LogP contribution in [0.2, 0.25) is 0 Å². The molecule has 1 aromatic heterocycles. The molecule has 0 bridgehead atoms. The van der Waals surface area contributed by atoms with Crippen LogP contribution in [0.4, 0.5) is 5.00 Å². The van der Waals surface area contributed by atoms with Crippen molar-refractivity contribution in [2.24, 2.45) is 5.18 Å². The number of aryl methyl sites for hydroxylation is 1. The average molecular weight is 128 g/mol. The van der Waals surface area contributed by atoms with E-state index in [1.54, 1.807) is 0 Å². The molecule has 1 aromatic rings. The molecule has 0 amide bonds. The maximum atomic E-state index is 9.74. The summed E-state index contributed by atoms with van der Waals surface area (Å²) in [5, 5.41) is 4.02. The van der Waals surface area contributed by atoms with Crippen molar-refractivity contribution < 1.29 is 0 Å². The molecule has 0 spiro atoms. The molecular weight excluding hydrogens is 124 g/mol. The molecule has 0 aliphatic carbocycles. The van der Waals surface area contributed by atoms with Gasteiger partial charge in [0.2, 0.25) is 0 Å². The van der Waals surface area contributed by atoms with E-state index < -0.39 is 0 Å². The Balaban J connectivity index is 3.00. The van der Waals surface area contributed by atoms with E-state index in [1.165, 1.54) is 17.5 Å². The molecular formula is C4H4N2OS. The summed E-state index contributed by atoms with van der Waals surface area (Å²) in [5.41, 5.74) is 0. The van der Waals surface area contributed by atoms with Gasteiger partial charge in [-0.3, -0.25) is 0 Å². The van der Waals surface area contributed by atoms with E-state index in [9.17, 15) is 4.91 Å². The van der Waals surface area contributed by atoms with Crippen LogP contribution in [0.25, 0.3) is 0 Å². The first-order valence-electron chi connectivity index (χ1n) is 2.08. The van der Waals surface area contributed by atoms with Crippen LogP contribution in [0.1, 0.15) is 5.01 Å². The van der Waals surface area contributed by atoms with Crippen molar-refractivity contribution in [3.8, 4) is 0 Å². The van der Waals surface area contributed by atoms with Gasteiger partial charge in [-0.25, -0.2) is 4.98 Å². The van der Waals surface area contributed by atoms with Crippen LogP contribution < -0.4 is 0 Å². The summed E-state index contributed by atoms with van der Waals surface area (Å²) < 4.78 is 0. The van der Waals surface area contributed by atoms with Crippen LogP contribution in [0.15, 0.2) is 11.4 Å². The Hall–Kier alpha value is -0.770. The number of aromatic nitrogens is 1. The van der Waals surface area contributed by atoms with Gasteiger partial charge < -0.3 is 0 Å². The van der Waals surface area contributed by atoms with E-state index in [1.807, 2.05) is 6.92 Å². The predicted molar refractivity (Wildman–Crippen MR) is 32.3 cm³/mol. The molecule has 8 heavy (non-hydrogen) atoms. The number of hydrogen-bond acceptors (Lipinski definition) is 4. The molecule has 0 atom stereocenters. The lowest BCUT2D eigenvalue weighted by atomic mass is 10.8. The van der Waals surface area contributed by atoms with Gasteiger partial charge in [0.05, 0.1) is 11.2 Å². The third-order valence-electron chi connectivity index (χ3n) is 0.699. The molecule has 1 rings (SSSR count). The zero-order valence-electron chi connectivity index (χ0n) is 4.29. The van der Waals surface area contributed by atoms with Crippen molar-refractivity contribution in [2.75, 3.05) is 0 Å². The summed E-state index contributed by atoms with van der Waals surface area (Å²) in [6.45, 7) is 1.83. The highest BCUT2D eigenvalue weighted by atomic mass is 32.1. The van der Waals surface area contributed by atoms with Crippen molar-refractivity contribution in [3.05, 3.63) is 16.1 Å². The molecule has 0 saturated heterocycles. The highest BCUT2D eigenvalue weighted by Gasteiger charge is 1.93. The zero-order valence-corrected chi connectivity index (χ0v) is 5.10. The van der Waals surface area contributed by atoms with E-state index in [0.29, 0.717) is 5.00 Å². The third-order valence-corrected chi connectivity index (χ3v) is 1.49. The summed E-state index contributed by atoms with van der Waals surface area (Å²) in [6, 6.07) is 0. The fraction of sp³-hybridized carbons (Fsp3) is 0.250. The maximum Gasteiger partial charge on any atom is 0.180 e. The number of rotatable bonds is 1. The van der Waals surface area contributed by atoms with Gasteiger partial charge in [-0.05, 0) is 12.1 Å². The maximum absolute atomic E-state index is 9.74. The van der Waals surface area contributed by atoms with Gasteiger partial charge in [0.25, 0.3) is 0 Å². The second kappa shape index (κ2) is 2.00. The second-order valence-corrected chi connectivity index (χ2v) is 2.52. The van der Waals surface area contributed by atoms with Crippen LogP contribution in [0.5, 0.6) is 0 Å². The summed E-state index contributed by atoms with van der Waals surface area (Å²) >= 11 is 1.30. The topological polar surface area (TPSA) is 42.3 Å². The Morgan fingerprint density at radius 3 is 2.88 bits per heavy atom. The first-order valence-corrected chi connectivity index (χ1v) is 2.90. The number of nitrogens with zero attached hydrogens (tertiary/aromatic N) is 2. The molecule has 0 radical (unpaired) electrons. The molecule has 3 nitrogen and oxygen atoms in total. The monoisotopic (exact) mass is 128 g/mol. The summed E-state index contributed by atoms with van der Waals surface area (Å²) in [4.78, 5) is 13.6. The summed E-state index contributed by atoms with van der Waals surface area (Å²) in [7, 11) is 0. The van der Waals surface area contributed by atoms with Gasteiger partial charge in [-0.15, -0.1) is 4.91 Å². The van der Waals surface area contributed by atoms with E-state index >= 15 is 0 Å². The van der Waals surface area contributed by atoms with Crippen molar-refractivity contribution in [1.29, 1.82) is 0 Å². The second-order valence-electron chi connectivity index (χ2n) is 1.31. The SMILES string of the molecule is Cc1ncc(N=O)s1. The van der Waals surface area contributed by atoms with Crippen LogP contribution in [0.3, 0.4) is 0 Å². The van der Waals surface area contributed by atoms with E-state index in [0.717, 1.165) is 5.01 Å². The van der Waals surface area contributed by atoms with Crippen molar-refractivity contribution >= 4 is 16.3 Å². The molecule has 42 valence electrons. The third kappa shape index (κ3) is 0.894. The van der Waals surface area contributed by atoms with E-state index in [-0.39, 0.29) is 0 Å². The van der Waals surface area contributed by atoms with Crippen molar-refractivity contribution in [1.82, 2.24) is 4.98 Å². The highest BCUT2D eigenvalue weighted by Crippen LogP contribution is 2.19. The highest BCUT2D eigenvalue weighted by molar-refractivity contribution is 7.15. The zero-order chi connectivity index (χ0) is 5.98. The van der Waals surface area contributed by atoms with Crippen LogP contribution in [-0.2, 0) is 0 Å². The van der Waals surface area contributed by atoms with Crippen LogP contribution in [-0.4, -0.2) is 4.98 Å². The Morgan fingerprint density at radius 2 is 2.62 bits per heavy atom. The van der Waals surface area contributed by atoms with Gasteiger partial charge in [0.1, 0.15) is 0 Å². The molecule has 0 N–H and O–H groups in total. The average Bonchev–Trinajstić information content (AvgIpc) is 2.14. The lowest BCUT2D eigenvalue weighted by Gasteiger charge is -1.67. The summed E-state index contributed by atoms with van der Waals surface area (Å²) in [5.74, 6) is 0. The first-order chi connectivity index (χ1) is 3.83. The normalized spacial score (nSPS) is 9.12. The Bertz CT molecular complexity index is 196. The van der Waals surface area contributed by atoms with Crippen molar-refractivity contribution in [3.63, 3.8) is 0 Å². The lowest BCUT2D eigenvalue weighted by molar-refractivity contribution is 1.29. The smallest absolute Gasteiger partial charge is 0.180 e. The lowest BCUT2D eigenvalue weighted by Crippen LogP contribution is -1.56. The largest absolute Gasteiger partial charge is 0.248 e. The van der Waals surface area contributed by atoms with Crippen LogP contribution in [0, 0.1) is 11.8 Å². The molecule has 0 aliphatic heterocycles. The Labute approximate surface area is 50.4 Å². The molecule has 0 unspecified atom stereocenters. The number of thiazole rings is 1. The number of hydrogen-bond donors (Lipinski definition) is 0. The van der Waals surface area contributed by atoms with Crippen LogP contribution >= 0.6 is 11.3 Å². The van der Waals surface area contributed by atoms with E-state index in [4.69, 9.17) is 0 Å². The molecule has 0 saturated carbocycles. The molecule has 0 aliphatic rings. The predicted octanol–water partition coefficient (Wildman–Crippen LogP) is 1.85. The van der Waals surface area contributed by atoms with Gasteiger partial charge in [-0.2, -0.15) is 0 Å².